The van der Waals surface area contributed by atoms with Gasteiger partial charge < -0.3 is 5.11 Å². The number of nitrogens with zero attached hydrogens (tertiary/aromatic N) is 2. The average Bonchev–Trinajstić information content (AvgIpc) is 3.35. The first kappa shape index (κ1) is 19.3. The summed E-state index contributed by atoms with van der Waals surface area (Å²) in [6.45, 7) is 1.87. The van der Waals surface area contributed by atoms with Crippen LogP contribution >= 0.6 is 23.4 Å². The van der Waals surface area contributed by atoms with Crippen LogP contribution in [0.15, 0.2) is 21.9 Å². The molecule has 26 heavy (non-hydrogen) atoms. The van der Waals surface area contributed by atoms with Gasteiger partial charge in [0.25, 0.3) is 0 Å². The summed E-state index contributed by atoms with van der Waals surface area (Å²) in [6.07, 6.45) is 2.96. The summed E-state index contributed by atoms with van der Waals surface area (Å²) in [7, 11) is -1.91. The average molecular weight is 415 g/mol. The van der Waals surface area contributed by atoms with Gasteiger partial charge in [-0.05, 0) is 30.7 Å². The second kappa shape index (κ2) is 6.90. The van der Waals surface area contributed by atoms with Crippen molar-refractivity contribution in [3.63, 3.8) is 0 Å². The maximum atomic E-state index is 13.1. The van der Waals surface area contributed by atoms with Crippen molar-refractivity contribution >= 4 is 39.0 Å². The fraction of sp³-hybridized carbons (Fsp3) is 0.412. The van der Waals surface area contributed by atoms with Crippen molar-refractivity contribution in [3.8, 4) is 5.88 Å². The number of aromatic nitrogens is 2. The van der Waals surface area contributed by atoms with Gasteiger partial charge in [-0.15, -0.1) is 11.8 Å². The number of carbonyl (C=O) groups is 1. The lowest BCUT2D eigenvalue weighted by Crippen LogP contribution is -2.08. The highest BCUT2D eigenvalue weighted by molar-refractivity contribution is 8.00. The van der Waals surface area contributed by atoms with Crippen LogP contribution in [0.25, 0.3) is 0 Å². The molecule has 0 bridgehead atoms. The quantitative estimate of drug-likeness (QED) is 0.575. The van der Waals surface area contributed by atoms with Crippen molar-refractivity contribution in [2.75, 3.05) is 12.0 Å². The summed E-state index contributed by atoms with van der Waals surface area (Å²) in [5.41, 5.74) is 0.889. The molecule has 1 N–H and O–H groups in total. The maximum Gasteiger partial charge on any atom is 0.220 e. The van der Waals surface area contributed by atoms with Crippen LogP contribution < -0.4 is 0 Å². The molecule has 2 aromatic rings. The van der Waals surface area contributed by atoms with E-state index in [1.54, 1.807) is 7.05 Å². The Labute approximate surface area is 161 Å². The van der Waals surface area contributed by atoms with Crippen LogP contribution in [-0.4, -0.2) is 41.1 Å². The van der Waals surface area contributed by atoms with E-state index in [9.17, 15) is 18.3 Å². The first-order chi connectivity index (χ1) is 12.2. The Hall–Kier alpha value is -1.51. The Balaban J connectivity index is 2.16. The SMILES string of the molecule is CCSc1c(S(C)(=O)=O)ccc(C(=O)c2c(C3CC3)nn(C)c2O)c1Cl. The van der Waals surface area contributed by atoms with Crippen LogP contribution in [0.1, 0.15) is 47.3 Å². The third kappa shape index (κ3) is 3.37. The van der Waals surface area contributed by atoms with E-state index in [1.165, 1.54) is 28.6 Å². The van der Waals surface area contributed by atoms with E-state index < -0.39 is 15.6 Å². The van der Waals surface area contributed by atoms with Gasteiger partial charge in [0.15, 0.2) is 9.84 Å². The summed E-state index contributed by atoms with van der Waals surface area (Å²) in [4.78, 5) is 13.6. The number of hydrogen-bond donors (Lipinski definition) is 1. The molecule has 0 unspecified atom stereocenters. The molecule has 1 aromatic carbocycles. The Morgan fingerprint density at radius 3 is 2.62 bits per heavy atom. The molecule has 3 rings (SSSR count). The fourth-order valence-corrected chi connectivity index (χ4v) is 5.41. The second-order valence-electron chi connectivity index (χ2n) is 6.27. The van der Waals surface area contributed by atoms with Gasteiger partial charge in [-0.2, -0.15) is 5.10 Å². The minimum Gasteiger partial charge on any atom is -0.493 e. The molecule has 0 aliphatic heterocycles. The number of aryl methyl sites for hydroxylation is 1. The second-order valence-corrected chi connectivity index (χ2v) is 9.91. The zero-order chi connectivity index (χ0) is 19.2. The van der Waals surface area contributed by atoms with Crippen molar-refractivity contribution in [1.29, 1.82) is 0 Å². The number of ketones is 1. The molecule has 1 aliphatic rings. The standard InChI is InChI=1S/C17H19ClN2O4S2/c1-4-25-16-11(26(3,23)24)8-7-10(13(16)18)15(21)12-14(9-5-6-9)19-20(2)17(12)22/h7-9,22H,4-6H2,1-3H3. The Bertz CT molecular complexity index is 995. The molecule has 1 fully saturated rings. The summed E-state index contributed by atoms with van der Waals surface area (Å²) in [5.74, 6) is 0.121. The van der Waals surface area contributed by atoms with E-state index in [2.05, 4.69) is 5.10 Å². The molecular weight excluding hydrogens is 396 g/mol. The normalized spacial score (nSPS) is 14.6. The number of thioether (sulfide) groups is 1. The van der Waals surface area contributed by atoms with Gasteiger partial charge >= 0.3 is 0 Å². The van der Waals surface area contributed by atoms with Crippen LogP contribution in [-0.2, 0) is 16.9 Å². The number of benzene rings is 1. The van der Waals surface area contributed by atoms with Gasteiger partial charge in [0.2, 0.25) is 11.7 Å². The lowest BCUT2D eigenvalue weighted by Gasteiger charge is -2.12. The van der Waals surface area contributed by atoms with Crippen LogP contribution in [0.2, 0.25) is 5.02 Å². The van der Waals surface area contributed by atoms with Gasteiger partial charge in [0.1, 0.15) is 5.56 Å². The molecule has 1 heterocycles. The van der Waals surface area contributed by atoms with E-state index in [1.807, 2.05) is 6.92 Å². The Morgan fingerprint density at radius 1 is 1.42 bits per heavy atom. The fourth-order valence-electron chi connectivity index (χ4n) is 2.81. The number of hydrogen-bond acceptors (Lipinski definition) is 6. The van der Waals surface area contributed by atoms with Gasteiger partial charge in [-0.1, -0.05) is 18.5 Å². The Kier molecular flexibility index (Phi) is 5.11. The highest BCUT2D eigenvalue weighted by atomic mass is 35.5. The topological polar surface area (TPSA) is 89.3 Å². The van der Waals surface area contributed by atoms with Crippen molar-refractivity contribution in [2.24, 2.45) is 7.05 Å². The van der Waals surface area contributed by atoms with E-state index in [0.29, 0.717) is 16.3 Å². The predicted octanol–water partition coefficient (Wildman–Crippen LogP) is 3.40. The summed E-state index contributed by atoms with van der Waals surface area (Å²) in [5, 5.41) is 14.7. The van der Waals surface area contributed by atoms with Crippen molar-refractivity contribution in [1.82, 2.24) is 9.78 Å². The molecular formula is C17H19ClN2O4S2. The molecule has 0 atom stereocenters. The summed E-state index contributed by atoms with van der Waals surface area (Å²) < 4.78 is 25.3. The maximum absolute atomic E-state index is 13.1. The number of aromatic hydroxyl groups is 1. The molecule has 140 valence electrons. The molecule has 0 saturated heterocycles. The lowest BCUT2D eigenvalue weighted by molar-refractivity contribution is 0.103. The molecule has 6 nitrogen and oxygen atoms in total. The van der Waals surface area contributed by atoms with Crippen LogP contribution in [0.3, 0.4) is 0 Å². The smallest absolute Gasteiger partial charge is 0.220 e. The number of carbonyl (C=O) groups excluding carboxylic acids is 1. The van der Waals surface area contributed by atoms with E-state index in [4.69, 9.17) is 11.6 Å². The highest BCUT2D eigenvalue weighted by Crippen LogP contribution is 2.44. The van der Waals surface area contributed by atoms with Gasteiger partial charge in [0, 0.05) is 29.7 Å². The van der Waals surface area contributed by atoms with Gasteiger partial charge in [-0.25, -0.2) is 13.1 Å². The first-order valence-corrected chi connectivity index (χ1v) is 11.4. The zero-order valence-corrected chi connectivity index (χ0v) is 17.0. The predicted molar refractivity (Wildman–Crippen MR) is 101 cm³/mol. The molecule has 0 spiro atoms. The van der Waals surface area contributed by atoms with Crippen LogP contribution in [0.4, 0.5) is 0 Å². The van der Waals surface area contributed by atoms with Crippen LogP contribution in [0.5, 0.6) is 5.88 Å². The number of sulfone groups is 1. The monoisotopic (exact) mass is 414 g/mol. The third-order valence-corrected chi connectivity index (χ3v) is 7.00. The zero-order valence-electron chi connectivity index (χ0n) is 14.6. The third-order valence-electron chi connectivity index (χ3n) is 4.23. The van der Waals surface area contributed by atoms with E-state index >= 15 is 0 Å². The summed E-state index contributed by atoms with van der Waals surface area (Å²) >= 11 is 7.70. The molecule has 9 heteroatoms. The minimum absolute atomic E-state index is 0.0924. The van der Waals surface area contributed by atoms with Crippen molar-refractivity contribution in [2.45, 2.75) is 35.5 Å². The molecule has 1 aromatic heterocycles. The van der Waals surface area contributed by atoms with Gasteiger partial charge in [-0.3, -0.25) is 4.79 Å². The first-order valence-electron chi connectivity index (χ1n) is 8.12. The number of halogens is 1. The highest BCUT2D eigenvalue weighted by Gasteiger charge is 2.35. The van der Waals surface area contributed by atoms with Gasteiger partial charge in [0.05, 0.1) is 15.6 Å². The van der Waals surface area contributed by atoms with E-state index in [0.717, 1.165) is 19.1 Å². The van der Waals surface area contributed by atoms with Crippen molar-refractivity contribution < 1.29 is 18.3 Å². The molecule has 1 aliphatic carbocycles. The number of rotatable bonds is 6. The molecule has 0 amide bonds. The molecule has 0 radical (unpaired) electrons. The van der Waals surface area contributed by atoms with Crippen molar-refractivity contribution in [3.05, 3.63) is 34.0 Å². The molecule has 1 saturated carbocycles. The summed E-state index contributed by atoms with van der Waals surface area (Å²) in [6, 6.07) is 2.81. The minimum atomic E-state index is -3.48. The van der Waals surface area contributed by atoms with E-state index in [-0.39, 0.29) is 32.8 Å². The Morgan fingerprint density at radius 2 is 2.08 bits per heavy atom. The largest absolute Gasteiger partial charge is 0.493 e. The lowest BCUT2D eigenvalue weighted by atomic mass is 10.0. The van der Waals surface area contributed by atoms with Crippen LogP contribution in [0, 0.1) is 0 Å².